The SMILES string of the molecule is COc1cc(Cl)ccc1C(=O)c1ccccc1C(F)(F)F. The Bertz CT molecular complexity index is 681. The van der Waals surface area contributed by atoms with Crippen molar-refractivity contribution in [1.82, 2.24) is 0 Å². The molecule has 0 aliphatic rings. The third kappa shape index (κ3) is 3.19. The third-order valence-corrected chi connectivity index (χ3v) is 3.12. The molecule has 0 spiro atoms. The fourth-order valence-corrected chi connectivity index (χ4v) is 2.09. The minimum absolute atomic E-state index is 0.0265. The molecule has 2 aromatic rings. The Hall–Kier alpha value is -2.01. The Kier molecular flexibility index (Phi) is 4.23. The van der Waals surface area contributed by atoms with Crippen LogP contribution in [0.4, 0.5) is 13.2 Å². The third-order valence-electron chi connectivity index (χ3n) is 2.89. The van der Waals surface area contributed by atoms with Crippen molar-refractivity contribution in [3.8, 4) is 5.75 Å². The van der Waals surface area contributed by atoms with Gasteiger partial charge in [0.25, 0.3) is 0 Å². The molecule has 2 nitrogen and oxygen atoms in total. The van der Waals surface area contributed by atoms with Crippen LogP contribution in [0.3, 0.4) is 0 Å². The van der Waals surface area contributed by atoms with Gasteiger partial charge in [0.2, 0.25) is 0 Å². The van der Waals surface area contributed by atoms with Crippen molar-refractivity contribution in [2.24, 2.45) is 0 Å². The fraction of sp³-hybridized carbons (Fsp3) is 0.133. The van der Waals surface area contributed by atoms with Crippen LogP contribution in [-0.2, 0) is 6.18 Å². The molecule has 2 rings (SSSR count). The van der Waals surface area contributed by atoms with Crippen molar-refractivity contribution in [3.05, 3.63) is 64.2 Å². The monoisotopic (exact) mass is 314 g/mol. The quantitative estimate of drug-likeness (QED) is 0.774. The van der Waals surface area contributed by atoms with Gasteiger partial charge in [-0.25, -0.2) is 0 Å². The first-order valence-corrected chi connectivity index (χ1v) is 6.27. The van der Waals surface area contributed by atoms with Crippen LogP contribution in [0.15, 0.2) is 42.5 Å². The number of alkyl halides is 3. The van der Waals surface area contributed by atoms with Crippen LogP contribution in [0.1, 0.15) is 21.5 Å². The lowest BCUT2D eigenvalue weighted by Crippen LogP contribution is -2.14. The number of ether oxygens (including phenoxy) is 1. The van der Waals surface area contributed by atoms with E-state index in [1.165, 1.54) is 37.4 Å². The summed E-state index contributed by atoms with van der Waals surface area (Å²) >= 11 is 5.78. The Balaban J connectivity index is 2.56. The zero-order chi connectivity index (χ0) is 15.6. The number of ketones is 1. The molecule has 0 fully saturated rings. The van der Waals surface area contributed by atoms with Crippen molar-refractivity contribution >= 4 is 17.4 Å². The fourth-order valence-electron chi connectivity index (χ4n) is 1.93. The maximum absolute atomic E-state index is 13.0. The summed E-state index contributed by atoms with van der Waals surface area (Å²) in [6.07, 6.45) is -4.61. The van der Waals surface area contributed by atoms with Gasteiger partial charge in [0, 0.05) is 10.6 Å². The lowest BCUT2D eigenvalue weighted by molar-refractivity contribution is -0.137. The summed E-state index contributed by atoms with van der Waals surface area (Å²) in [5.74, 6) is -0.638. The van der Waals surface area contributed by atoms with Crippen LogP contribution in [-0.4, -0.2) is 12.9 Å². The molecule has 2 aromatic carbocycles. The topological polar surface area (TPSA) is 26.3 Å². The van der Waals surface area contributed by atoms with Crippen LogP contribution in [0.25, 0.3) is 0 Å². The summed E-state index contributed by atoms with van der Waals surface area (Å²) in [7, 11) is 1.32. The molecule has 0 aliphatic heterocycles. The van der Waals surface area contributed by atoms with Crippen LogP contribution in [0.2, 0.25) is 5.02 Å². The molecule has 6 heteroatoms. The second kappa shape index (κ2) is 5.77. The van der Waals surface area contributed by atoms with E-state index >= 15 is 0 Å². The van der Waals surface area contributed by atoms with E-state index in [-0.39, 0.29) is 11.3 Å². The van der Waals surface area contributed by atoms with E-state index in [0.29, 0.717) is 5.02 Å². The molecule has 0 saturated heterocycles. The van der Waals surface area contributed by atoms with Crippen molar-refractivity contribution in [2.45, 2.75) is 6.18 Å². The minimum Gasteiger partial charge on any atom is -0.496 e. The summed E-state index contributed by atoms with van der Waals surface area (Å²) in [5, 5.41) is 0.326. The number of hydrogen-bond donors (Lipinski definition) is 0. The van der Waals surface area contributed by atoms with Gasteiger partial charge in [0.1, 0.15) is 5.75 Å². The number of methoxy groups -OCH3 is 1. The van der Waals surface area contributed by atoms with Crippen LogP contribution < -0.4 is 4.74 Å². The van der Waals surface area contributed by atoms with E-state index in [9.17, 15) is 18.0 Å². The second-order valence-corrected chi connectivity index (χ2v) is 4.65. The van der Waals surface area contributed by atoms with Gasteiger partial charge in [-0.1, -0.05) is 29.8 Å². The summed E-state index contributed by atoms with van der Waals surface area (Å²) < 4.78 is 43.9. The highest BCUT2D eigenvalue weighted by Gasteiger charge is 2.35. The van der Waals surface area contributed by atoms with Gasteiger partial charge in [0.05, 0.1) is 18.2 Å². The summed E-state index contributed by atoms with van der Waals surface area (Å²) in [4.78, 5) is 12.4. The van der Waals surface area contributed by atoms with Gasteiger partial charge in [-0.15, -0.1) is 0 Å². The maximum Gasteiger partial charge on any atom is 0.417 e. The first-order valence-electron chi connectivity index (χ1n) is 5.89. The maximum atomic E-state index is 13.0. The van der Waals surface area contributed by atoms with Gasteiger partial charge in [-0.3, -0.25) is 4.79 Å². The van der Waals surface area contributed by atoms with Gasteiger partial charge < -0.3 is 4.74 Å². The molecule has 0 radical (unpaired) electrons. The molecule has 0 amide bonds. The van der Waals surface area contributed by atoms with Gasteiger partial charge in [-0.2, -0.15) is 13.2 Å². The summed E-state index contributed by atoms with van der Waals surface area (Å²) in [6, 6.07) is 8.77. The highest BCUT2D eigenvalue weighted by molar-refractivity contribution is 6.31. The average molecular weight is 315 g/mol. The van der Waals surface area contributed by atoms with E-state index in [1.807, 2.05) is 0 Å². The molecular weight excluding hydrogens is 305 g/mol. The molecule has 0 N–H and O–H groups in total. The largest absolute Gasteiger partial charge is 0.496 e. The van der Waals surface area contributed by atoms with E-state index < -0.39 is 23.1 Å². The Morgan fingerprint density at radius 3 is 2.38 bits per heavy atom. The molecule has 0 bridgehead atoms. The number of hydrogen-bond acceptors (Lipinski definition) is 2. The first kappa shape index (κ1) is 15.4. The molecule has 0 aliphatic carbocycles. The standard InChI is InChI=1S/C15H10ClF3O2/c1-21-13-8-9(16)6-7-11(13)14(20)10-4-2-3-5-12(10)15(17,18)19/h2-8H,1H3. The van der Waals surface area contributed by atoms with Crippen molar-refractivity contribution in [2.75, 3.05) is 7.11 Å². The Morgan fingerprint density at radius 2 is 1.76 bits per heavy atom. The van der Waals surface area contributed by atoms with Crippen molar-refractivity contribution in [1.29, 1.82) is 0 Å². The van der Waals surface area contributed by atoms with Crippen molar-refractivity contribution < 1.29 is 22.7 Å². The molecule has 0 atom stereocenters. The van der Waals surface area contributed by atoms with E-state index in [0.717, 1.165) is 12.1 Å². The highest BCUT2D eigenvalue weighted by Crippen LogP contribution is 2.34. The van der Waals surface area contributed by atoms with Crippen molar-refractivity contribution in [3.63, 3.8) is 0 Å². The van der Waals surface area contributed by atoms with Gasteiger partial charge >= 0.3 is 6.18 Å². The van der Waals surface area contributed by atoms with E-state index in [4.69, 9.17) is 16.3 Å². The zero-order valence-corrected chi connectivity index (χ0v) is 11.6. The summed E-state index contributed by atoms with van der Waals surface area (Å²) in [5.41, 5.74) is -1.38. The highest BCUT2D eigenvalue weighted by atomic mass is 35.5. The Morgan fingerprint density at radius 1 is 1.10 bits per heavy atom. The number of benzene rings is 2. The molecule has 21 heavy (non-hydrogen) atoms. The van der Waals surface area contributed by atoms with Gasteiger partial charge in [0.15, 0.2) is 5.78 Å². The molecule has 0 saturated carbocycles. The Labute approximate surface area is 124 Å². The second-order valence-electron chi connectivity index (χ2n) is 4.22. The average Bonchev–Trinajstić information content (AvgIpc) is 2.45. The molecule has 0 heterocycles. The normalized spacial score (nSPS) is 11.3. The number of rotatable bonds is 3. The predicted octanol–water partition coefficient (Wildman–Crippen LogP) is 4.60. The predicted molar refractivity (Wildman–Crippen MR) is 72.9 cm³/mol. The molecule has 0 unspecified atom stereocenters. The zero-order valence-electron chi connectivity index (χ0n) is 10.9. The summed E-state index contributed by atoms with van der Waals surface area (Å²) in [6.45, 7) is 0. The smallest absolute Gasteiger partial charge is 0.417 e. The number of carbonyl (C=O) groups excluding carboxylic acids is 1. The first-order chi connectivity index (χ1) is 9.84. The van der Waals surface area contributed by atoms with Crippen LogP contribution >= 0.6 is 11.6 Å². The van der Waals surface area contributed by atoms with E-state index in [1.54, 1.807) is 0 Å². The minimum atomic E-state index is -4.61. The molecular formula is C15H10ClF3O2. The van der Waals surface area contributed by atoms with Crippen LogP contribution in [0.5, 0.6) is 5.75 Å². The lowest BCUT2D eigenvalue weighted by Gasteiger charge is -2.13. The van der Waals surface area contributed by atoms with Gasteiger partial charge in [-0.05, 0) is 24.3 Å². The molecule has 110 valence electrons. The van der Waals surface area contributed by atoms with Crippen LogP contribution in [0, 0.1) is 0 Å². The number of halogens is 4. The lowest BCUT2D eigenvalue weighted by atomic mass is 9.97. The molecule has 0 aromatic heterocycles. The number of carbonyl (C=O) groups is 1. The van der Waals surface area contributed by atoms with E-state index in [2.05, 4.69) is 0 Å².